The number of carbonyl (C=O) groups is 2. The Labute approximate surface area is 229 Å². The molecule has 10 heteroatoms. The number of ether oxygens (including phenoxy) is 3. The van der Waals surface area contributed by atoms with Gasteiger partial charge in [0.25, 0.3) is 17.4 Å². The quantitative estimate of drug-likeness (QED) is 0.401. The van der Waals surface area contributed by atoms with Gasteiger partial charge in [0.1, 0.15) is 5.75 Å². The Morgan fingerprint density at radius 3 is 2.75 bits per heavy atom. The highest BCUT2D eigenvalue weighted by molar-refractivity contribution is 6.05. The van der Waals surface area contributed by atoms with Crippen LogP contribution < -0.4 is 25.1 Å². The van der Waals surface area contributed by atoms with Gasteiger partial charge in [-0.3, -0.25) is 14.4 Å². The monoisotopic (exact) mass is 540 g/mol. The highest BCUT2D eigenvalue weighted by Gasteiger charge is 2.35. The van der Waals surface area contributed by atoms with Gasteiger partial charge >= 0.3 is 0 Å². The first-order valence-corrected chi connectivity index (χ1v) is 13.1. The van der Waals surface area contributed by atoms with Crippen molar-refractivity contribution in [2.75, 3.05) is 33.4 Å². The molecule has 40 heavy (non-hydrogen) atoms. The molecule has 3 aromatic carbocycles. The van der Waals surface area contributed by atoms with Crippen LogP contribution in [-0.2, 0) is 11.2 Å². The molecule has 0 saturated heterocycles. The first-order chi connectivity index (χ1) is 19.5. The third kappa shape index (κ3) is 4.72. The molecule has 10 nitrogen and oxygen atoms in total. The van der Waals surface area contributed by atoms with Crippen molar-refractivity contribution in [1.29, 1.82) is 0 Å². The predicted molar refractivity (Wildman–Crippen MR) is 147 cm³/mol. The molecule has 0 aliphatic carbocycles. The highest BCUT2D eigenvalue weighted by atomic mass is 16.5. The second-order valence-corrected chi connectivity index (χ2v) is 9.71. The minimum Gasteiger partial charge on any atom is -0.494 e. The molecule has 1 aromatic heterocycles. The molecule has 0 saturated carbocycles. The van der Waals surface area contributed by atoms with E-state index in [0.717, 1.165) is 16.7 Å². The Kier molecular flexibility index (Phi) is 6.81. The van der Waals surface area contributed by atoms with Crippen molar-refractivity contribution in [2.24, 2.45) is 0 Å². The molecule has 1 unspecified atom stereocenters. The number of aromatic nitrogens is 2. The minimum absolute atomic E-state index is 0.145. The number of rotatable bonds is 2. The van der Waals surface area contributed by atoms with Crippen LogP contribution >= 0.6 is 0 Å². The van der Waals surface area contributed by atoms with Crippen molar-refractivity contribution < 1.29 is 23.8 Å². The van der Waals surface area contributed by atoms with Gasteiger partial charge in [0.2, 0.25) is 0 Å². The van der Waals surface area contributed by atoms with Crippen LogP contribution in [0.1, 0.15) is 39.6 Å². The first kappa shape index (κ1) is 25.4. The third-order valence-electron chi connectivity index (χ3n) is 7.26. The predicted octanol–water partition coefficient (Wildman–Crippen LogP) is 3.00. The van der Waals surface area contributed by atoms with E-state index in [1.54, 1.807) is 36.3 Å². The molecule has 204 valence electrons. The molecule has 7 rings (SSSR count). The fraction of sp³-hybridized carbons (Fsp3) is 0.267. The summed E-state index contributed by atoms with van der Waals surface area (Å²) in [6.45, 7) is 1.11. The fourth-order valence-corrected chi connectivity index (χ4v) is 5.35. The van der Waals surface area contributed by atoms with E-state index in [0.29, 0.717) is 60.6 Å². The van der Waals surface area contributed by atoms with Crippen molar-refractivity contribution in [3.63, 3.8) is 0 Å². The Bertz CT molecular complexity index is 1670. The molecular weight excluding hydrogens is 512 g/mol. The van der Waals surface area contributed by atoms with Gasteiger partial charge in [-0.25, -0.2) is 5.10 Å². The lowest BCUT2D eigenvalue weighted by Crippen LogP contribution is -2.41. The van der Waals surface area contributed by atoms with Crippen LogP contribution in [0.3, 0.4) is 0 Å². The van der Waals surface area contributed by atoms with Crippen molar-refractivity contribution in [2.45, 2.75) is 18.9 Å². The third-order valence-corrected chi connectivity index (χ3v) is 7.26. The van der Waals surface area contributed by atoms with Gasteiger partial charge in [-0.15, -0.1) is 0 Å². The lowest BCUT2D eigenvalue weighted by atomic mass is 9.87. The zero-order valence-electron chi connectivity index (χ0n) is 21.9. The molecule has 6 bridgehead atoms. The number of nitrogens with one attached hydrogen (secondary N) is 2. The zero-order valence-corrected chi connectivity index (χ0v) is 21.9. The number of H-pyrrole nitrogens is 1. The van der Waals surface area contributed by atoms with E-state index in [9.17, 15) is 14.4 Å². The van der Waals surface area contributed by atoms with Crippen LogP contribution in [0.15, 0.2) is 65.5 Å². The topological polar surface area (TPSA) is 123 Å². The maximum Gasteiger partial charge on any atom is 0.275 e. The van der Waals surface area contributed by atoms with E-state index in [-0.39, 0.29) is 29.7 Å². The largest absolute Gasteiger partial charge is 0.494 e. The van der Waals surface area contributed by atoms with E-state index in [2.05, 4.69) is 15.5 Å². The van der Waals surface area contributed by atoms with E-state index < -0.39 is 6.04 Å². The minimum atomic E-state index is -0.494. The number of amides is 2. The van der Waals surface area contributed by atoms with Crippen LogP contribution in [0, 0.1) is 0 Å². The summed E-state index contributed by atoms with van der Waals surface area (Å²) in [4.78, 5) is 40.7. The Balaban J connectivity index is 1.50. The van der Waals surface area contributed by atoms with E-state index in [1.807, 2.05) is 36.4 Å². The zero-order chi connectivity index (χ0) is 27.6. The number of hydrogen-bond acceptors (Lipinski definition) is 7. The number of hydrogen-bond donors (Lipinski definition) is 2. The molecule has 2 N–H and O–H groups in total. The van der Waals surface area contributed by atoms with Crippen molar-refractivity contribution in [3.05, 3.63) is 93.4 Å². The smallest absolute Gasteiger partial charge is 0.275 e. The van der Waals surface area contributed by atoms with Gasteiger partial charge in [0.15, 0.2) is 23.8 Å². The van der Waals surface area contributed by atoms with Gasteiger partial charge in [0, 0.05) is 18.5 Å². The molecule has 0 fully saturated rings. The average Bonchev–Trinajstić information content (AvgIpc) is 2.98. The lowest BCUT2D eigenvalue weighted by molar-refractivity contribution is -0.123. The molecule has 4 heterocycles. The molecule has 0 spiro atoms. The second kappa shape index (κ2) is 10.7. The van der Waals surface area contributed by atoms with Crippen LogP contribution in [-0.4, -0.2) is 60.3 Å². The van der Waals surface area contributed by atoms with Crippen molar-refractivity contribution in [1.82, 2.24) is 20.4 Å². The van der Waals surface area contributed by atoms with Gasteiger partial charge in [0.05, 0.1) is 25.1 Å². The number of nitrogens with zero attached hydrogens (tertiary/aromatic N) is 2. The average molecular weight is 541 g/mol. The Hall–Kier alpha value is -4.86. The SMILES string of the molecule is COc1cc2c3cc1OCC(=O)NCCCOc1cccc(c1)C2N(C(=O)c1n[nH]c(=O)c2ccccc12)CC3. The summed E-state index contributed by atoms with van der Waals surface area (Å²) in [5.41, 5.74) is 2.53. The standard InChI is InChI=1S/C30H28N4O6/c1-38-24-16-23-18-10-12-34(30(37)27-21-8-2-3-9-22(21)29(36)33-32-27)28(23)19-6-4-7-20(14-19)39-13-5-11-31-26(35)17-40-25(24)15-18/h2-4,6-9,14-16,28H,5,10-13,17H2,1H3,(H,31,35)(H,33,36). The number of fused-ring (bicyclic) bond motifs is 9. The van der Waals surface area contributed by atoms with E-state index >= 15 is 0 Å². The fourth-order valence-electron chi connectivity index (χ4n) is 5.35. The van der Waals surface area contributed by atoms with Crippen molar-refractivity contribution >= 4 is 22.6 Å². The summed E-state index contributed by atoms with van der Waals surface area (Å²) >= 11 is 0. The molecule has 4 aromatic rings. The molecule has 3 aliphatic heterocycles. The highest BCUT2D eigenvalue weighted by Crippen LogP contribution is 2.42. The number of methoxy groups -OCH3 is 1. The molecular formula is C30H28N4O6. The summed E-state index contributed by atoms with van der Waals surface area (Å²) in [6.07, 6.45) is 1.16. The van der Waals surface area contributed by atoms with Gasteiger partial charge < -0.3 is 24.4 Å². The number of aromatic amines is 1. The number of carbonyl (C=O) groups excluding carboxylic acids is 2. The summed E-state index contributed by atoms with van der Waals surface area (Å²) in [6, 6.07) is 17.9. The molecule has 2 amide bonds. The van der Waals surface area contributed by atoms with Gasteiger partial charge in [-0.1, -0.05) is 30.3 Å². The van der Waals surface area contributed by atoms with Gasteiger partial charge in [-0.05, 0) is 59.9 Å². The van der Waals surface area contributed by atoms with Crippen LogP contribution in [0.25, 0.3) is 10.8 Å². The van der Waals surface area contributed by atoms with Crippen LogP contribution in [0.2, 0.25) is 0 Å². The first-order valence-electron chi connectivity index (χ1n) is 13.1. The summed E-state index contributed by atoms with van der Waals surface area (Å²) < 4.78 is 17.5. The molecule has 0 radical (unpaired) electrons. The molecule has 1 atom stereocenters. The Morgan fingerprint density at radius 1 is 1.05 bits per heavy atom. The maximum atomic E-state index is 14.2. The summed E-state index contributed by atoms with van der Waals surface area (Å²) in [7, 11) is 1.54. The summed E-state index contributed by atoms with van der Waals surface area (Å²) in [5.74, 6) is 1.05. The molecule has 3 aliphatic rings. The van der Waals surface area contributed by atoms with Gasteiger partial charge in [-0.2, -0.15) is 5.10 Å². The lowest BCUT2D eigenvalue weighted by Gasteiger charge is -2.38. The number of benzene rings is 3. The normalized spacial score (nSPS) is 17.1. The second-order valence-electron chi connectivity index (χ2n) is 9.71. The Morgan fingerprint density at radius 2 is 1.90 bits per heavy atom. The van der Waals surface area contributed by atoms with Crippen LogP contribution in [0.4, 0.5) is 0 Å². The summed E-state index contributed by atoms with van der Waals surface area (Å²) in [5, 5.41) is 10.4. The van der Waals surface area contributed by atoms with E-state index in [4.69, 9.17) is 14.2 Å². The maximum absolute atomic E-state index is 14.2. The van der Waals surface area contributed by atoms with Crippen LogP contribution in [0.5, 0.6) is 17.2 Å². The van der Waals surface area contributed by atoms with E-state index in [1.165, 1.54) is 0 Å². The van der Waals surface area contributed by atoms with Crippen molar-refractivity contribution in [3.8, 4) is 17.2 Å².